The van der Waals surface area contributed by atoms with Gasteiger partial charge in [0, 0.05) is 11.3 Å². The van der Waals surface area contributed by atoms with Crippen molar-refractivity contribution in [2.24, 2.45) is 5.11 Å². The van der Waals surface area contributed by atoms with E-state index in [2.05, 4.69) is 16.9 Å². The molecule has 0 bridgehead atoms. The fourth-order valence-corrected chi connectivity index (χ4v) is 0.803. The molecule has 0 N–H and O–H groups in total. The Kier molecular flexibility index (Phi) is 6.43. The number of carbonyl (C=O) groups excluding carboxylic acids is 1. The van der Waals surface area contributed by atoms with Gasteiger partial charge in [0.25, 0.3) is 0 Å². The summed E-state index contributed by atoms with van der Waals surface area (Å²) in [6, 6.07) is 0. The second-order valence-electron chi connectivity index (χ2n) is 2.39. The average molecular weight is 155 g/mol. The Morgan fingerprint density at radius 3 is 2.73 bits per heavy atom. The molecule has 0 unspecified atom stereocenters. The molecular weight excluding hydrogens is 142 g/mol. The highest BCUT2D eigenvalue weighted by Gasteiger charge is 1.95. The van der Waals surface area contributed by atoms with Crippen LogP contribution in [0, 0.1) is 0 Å². The molecule has 0 aromatic heterocycles. The van der Waals surface area contributed by atoms with Gasteiger partial charge < -0.3 is 0 Å². The van der Waals surface area contributed by atoms with Crippen LogP contribution in [0.2, 0.25) is 0 Å². The summed E-state index contributed by atoms with van der Waals surface area (Å²) in [4.78, 5) is 13.0. The number of carbonyl (C=O) groups is 1. The van der Waals surface area contributed by atoms with Gasteiger partial charge in [-0.3, -0.25) is 4.79 Å². The molecule has 11 heavy (non-hydrogen) atoms. The minimum Gasteiger partial charge on any atom is -0.293 e. The SMILES string of the molecule is CCCCCCC(=O)N=[N+]=[N-]. The summed E-state index contributed by atoms with van der Waals surface area (Å²) in [5.41, 5.74) is 7.88. The Hall–Kier alpha value is -1.02. The quantitative estimate of drug-likeness (QED) is 0.260. The highest BCUT2D eigenvalue weighted by atomic mass is 16.1. The summed E-state index contributed by atoms with van der Waals surface area (Å²) in [6.07, 6.45) is 4.57. The van der Waals surface area contributed by atoms with Crippen molar-refractivity contribution < 1.29 is 4.79 Å². The van der Waals surface area contributed by atoms with Crippen LogP contribution in [0.25, 0.3) is 10.4 Å². The van der Waals surface area contributed by atoms with Gasteiger partial charge in [0.1, 0.15) is 0 Å². The van der Waals surface area contributed by atoms with Crippen molar-refractivity contribution in [3.8, 4) is 0 Å². The normalized spacial score (nSPS) is 8.82. The van der Waals surface area contributed by atoms with Gasteiger partial charge in [-0.2, -0.15) is 0 Å². The average Bonchev–Trinajstić information content (AvgIpc) is 1.99. The van der Waals surface area contributed by atoms with E-state index in [1.165, 1.54) is 0 Å². The van der Waals surface area contributed by atoms with Crippen molar-refractivity contribution in [2.75, 3.05) is 0 Å². The first kappa shape index (κ1) is 9.98. The van der Waals surface area contributed by atoms with E-state index in [9.17, 15) is 4.79 Å². The predicted molar refractivity (Wildman–Crippen MR) is 42.9 cm³/mol. The van der Waals surface area contributed by atoms with Gasteiger partial charge >= 0.3 is 0 Å². The lowest BCUT2D eigenvalue weighted by Gasteiger charge is -1.93. The lowest BCUT2D eigenvalue weighted by Crippen LogP contribution is -1.90. The number of amides is 1. The second-order valence-corrected chi connectivity index (χ2v) is 2.39. The zero-order valence-electron chi connectivity index (χ0n) is 6.79. The van der Waals surface area contributed by atoms with E-state index < -0.39 is 0 Å². The van der Waals surface area contributed by atoms with Gasteiger partial charge in [-0.25, -0.2) is 0 Å². The molecule has 0 saturated heterocycles. The van der Waals surface area contributed by atoms with Crippen molar-refractivity contribution in [3.63, 3.8) is 0 Å². The number of hydrogen-bond acceptors (Lipinski definition) is 1. The third kappa shape index (κ3) is 6.87. The Labute approximate surface area is 66.2 Å². The first-order valence-corrected chi connectivity index (χ1v) is 3.89. The lowest BCUT2D eigenvalue weighted by molar-refractivity contribution is -0.118. The van der Waals surface area contributed by atoms with Gasteiger partial charge in [0.15, 0.2) is 0 Å². The number of rotatable bonds is 5. The Morgan fingerprint density at radius 1 is 1.45 bits per heavy atom. The summed E-state index contributed by atoms with van der Waals surface area (Å²) >= 11 is 0. The molecular formula is C7H13N3O. The third-order valence-corrected chi connectivity index (χ3v) is 1.40. The summed E-state index contributed by atoms with van der Waals surface area (Å²) in [6.45, 7) is 2.11. The van der Waals surface area contributed by atoms with Crippen LogP contribution in [-0.4, -0.2) is 5.91 Å². The zero-order chi connectivity index (χ0) is 8.53. The number of hydrogen-bond donors (Lipinski definition) is 0. The van der Waals surface area contributed by atoms with Gasteiger partial charge in [-0.1, -0.05) is 26.2 Å². The van der Waals surface area contributed by atoms with Gasteiger partial charge in [0.2, 0.25) is 5.91 Å². The van der Waals surface area contributed by atoms with Crippen LogP contribution >= 0.6 is 0 Å². The molecule has 0 spiro atoms. The van der Waals surface area contributed by atoms with Gasteiger partial charge in [0.05, 0.1) is 0 Å². The Balaban J connectivity index is 3.24. The van der Waals surface area contributed by atoms with Crippen LogP contribution in [0.15, 0.2) is 5.11 Å². The van der Waals surface area contributed by atoms with E-state index in [0.717, 1.165) is 25.7 Å². The van der Waals surface area contributed by atoms with E-state index in [1.54, 1.807) is 0 Å². The molecule has 0 radical (unpaired) electrons. The Morgan fingerprint density at radius 2 is 2.18 bits per heavy atom. The van der Waals surface area contributed by atoms with E-state index >= 15 is 0 Å². The van der Waals surface area contributed by atoms with Crippen LogP contribution in [0.5, 0.6) is 0 Å². The molecule has 0 aromatic carbocycles. The minimum atomic E-state index is -0.344. The van der Waals surface area contributed by atoms with Crippen LogP contribution in [0.3, 0.4) is 0 Å². The van der Waals surface area contributed by atoms with Crippen molar-refractivity contribution in [2.45, 2.75) is 39.0 Å². The maximum absolute atomic E-state index is 10.6. The van der Waals surface area contributed by atoms with Gasteiger partial charge in [-0.15, -0.1) is 0 Å². The van der Waals surface area contributed by atoms with E-state index in [1.807, 2.05) is 0 Å². The molecule has 1 amide bonds. The van der Waals surface area contributed by atoms with Crippen molar-refractivity contribution in [1.82, 2.24) is 0 Å². The van der Waals surface area contributed by atoms with Crippen molar-refractivity contribution in [1.29, 1.82) is 0 Å². The molecule has 0 saturated carbocycles. The molecule has 0 rings (SSSR count). The Bertz CT molecular complexity index is 161. The molecule has 0 fully saturated rings. The molecule has 62 valence electrons. The van der Waals surface area contributed by atoms with E-state index in [-0.39, 0.29) is 5.91 Å². The molecule has 0 aliphatic rings. The fourth-order valence-electron chi connectivity index (χ4n) is 0.803. The molecule has 0 aliphatic heterocycles. The zero-order valence-corrected chi connectivity index (χ0v) is 6.79. The summed E-state index contributed by atoms with van der Waals surface area (Å²) in [7, 11) is 0. The molecule has 0 aromatic rings. The van der Waals surface area contributed by atoms with Crippen LogP contribution in [-0.2, 0) is 4.79 Å². The van der Waals surface area contributed by atoms with Crippen LogP contribution < -0.4 is 0 Å². The highest BCUT2D eigenvalue weighted by Crippen LogP contribution is 2.02. The molecule has 0 atom stereocenters. The summed E-state index contributed by atoms with van der Waals surface area (Å²) < 4.78 is 0. The van der Waals surface area contributed by atoms with Gasteiger partial charge in [-0.05, 0) is 17.1 Å². The standard InChI is InChI=1S/C7H13N3O/c1-2-3-4-5-6-7(11)9-10-8/h2-6H2,1H3. The summed E-state index contributed by atoms with van der Waals surface area (Å²) in [5, 5.41) is 2.96. The third-order valence-electron chi connectivity index (χ3n) is 1.40. The lowest BCUT2D eigenvalue weighted by atomic mass is 10.1. The summed E-state index contributed by atoms with van der Waals surface area (Å²) in [5.74, 6) is -0.344. The highest BCUT2D eigenvalue weighted by molar-refractivity contribution is 5.76. The number of azide groups is 1. The van der Waals surface area contributed by atoms with Crippen molar-refractivity contribution in [3.05, 3.63) is 10.4 Å². The maximum atomic E-state index is 10.6. The van der Waals surface area contributed by atoms with Crippen LogP contribution in [0.4, 0.5) is 0 Å². The minimum absolute atomic E-state index is 0.344. The van der Waals surface area contributed by atoms with Crippen molar-refractivity contribution >= 4 is 5.91 Å². The predicted octanol–water partition coefficient (Wildman–Crippen LogP) is 2.79. The smallest absolute Gasteiger partial charge is 0.218 e. The monoisotopic (exact) mass is 155 g/mol. The van der Waals surface area contributed by atoms with E-state index in [0.29, 0.717) is 6.42 Å². The molecule has 0 aliphatic carbocycles. The maximum Gasteiger partial charge on any atom is 0.218 e. The number of unbranched alkanes of at least 4 members (excludes halogenated alkanes) is 3. The fraction of sp³-hybridized carbons (Fsp3) is 0.857. The second kappa shape index (κ2) is 7.09. The van der Waals surface area contributed by atoms with Crippen LogP contribution in [0.1, 0.15) is 39.0 Å². The molecule has 4 heteroatoms. The molecule has 0 heterocycles. The topological polar surface area (TPSA) is 65.8 Å². The molecule has 4 nitrogen and oxygen atoms in total. The largest absolute Gasteiger partial charge is 0.293 e. The van der Waals surface area contributed by atoms with E-state index in [4.69, 9.17) is 5.53 Å². The first-order chi connectivity index (χ1) is 5.31. The number of nitrogens with zero attached hydrogens (tertiary/aromatic N) is 3. The first-order valence-electron chi connectivity index (χ1n) is 3.89.